The smallest absolute Gasteiger partial charge is 0.306 e. The number of methoxy groups -OCH3 is 1. The van der Waals surface area contributed by atoms with Crippen LogP contribution in [0.25, 0.3) is 0 Å². The zero-order valence-corrected chi connectivity index (χ0v) is 11.1. The summed E-state index contributed by atoms with van der Waals surface area (Å²) in [4.78, 5) is 24.3. The van der Waals surface area contributed by atoms with Crippen LogP contribution in [0.3, 0.4) is 0 Å². The lowest BCUT2D eigenvalue weighted by molar-refractivity contribution is -0.150. The van der Waals surface area contributed by atoms with Crippen LogP contribution >= 0.6 is 0 Å². The largest absolute Gasteiger partial charge is 0.481 e. The first-order chi connectivity index (χ1) is 8.34. The zero-order chi connectivity index (χ0) is 13.8. The third kappa shape index (κ3) is 4.62. The Morgan fingerprint density at radius 3 is 2.72 bits per heavy atom. The van der Waals surface area contributed by atoms with E-state index < -0.39 is 17.7 Å². The molecule has 1 fully saturated rings. The molecule has 1 heterocycles. The first kappa shape index (κ1) is 14.9. The topological polar surface area (TPSA) is 76.1 Å². The highest BCUT2D eigenvalue weighted by atomic mass is 16.5. The molecule has 1 N–H and O–H groups in total. The third-order valence-electron chi connectivity index (χ3n) is 3.02. The molecule has 1 unspecified atom stereocenters. The number of hydrogen-bond acceptors (Lipinski definition) is 4. The quantitative estimate of drug-likeness (QED) is 0.778. The van der Waals surface area contributed by atoms with E-state index >= 15 is 0 Å². The van der Waals surface area contributed by atoms with Gasteiger partial charge in [-0.1, -0.05) is 0 Å². The number of nitrogens with zero attached hydrogens (tertiary/aromatic N) is 1. The van der Waals surface area contributed by atoms with E-state index in [1.165, 1.54) is 0 Å². The summed E-state index contributed by atoms with van der Waals surface area (Å²) >= 11 is 0. The molecule has 1 atom stereocenters. The Kier molecular flexibility index (Phi) is 5.10. The van der Waals surface area contributed by atoms with Gasteiger partial charge in [-0.25, -0.2) is 0 Å². The van der Waals surface area contributed by atoms with E-state index in [4.69, 9.17) is 14.6 Å². The lowest BCUT2D eigenvalue weighted by atomic mass is 10.0. The molecule has 6 heteroatoms. The molecule has 0 radical (unpaired) electrons. The van der Waals surface area contributed by atoms with Crippen molar-refractivity contribution in [2.75, 3.05) is 26.8 Å². The Labute approximate surface area is 107 Å². The van der Waals surface area contributed by atoms with E-state index in [1.54, 1.807) is 12.0 Å². The Bertz CT molecular complexity index is 316. The number of amides is 1. The summed E-state index contributed by atoms with van der Waals surface area (Å²) < 4.78 is 10.5. The normalized spacial score (nSPS) is 20.8. The van der Waals surface area contributed by atoms with E-state index in [0.717, 1.165) is 0 Å². The Morgan fingerprint density at radius 1 is 1.50 bits per heavy atom. The Hall–Kier alpha value is -1.14. The zero-order valence-electron chi connectivity index (χ0n) is 11.1. The number of ether oxygens (including phenoxy) is 2. The van der Waals surface area contributed by atoms with Crippen molar-refractivity contribution in [3.8, 4) is 0 Å². The first-order valence-electron chi connectivity index (χ1n) is 6.00. The van der Waals surface area contributed by atoms with Gasteiger partial charge in [0.1, 0.15) is 0 Å². The molecular formula is C12H21NO5. The second-order valence-electron chi connectivity index (χ2n) is 5.07. The summed E-state index contributed by atoms with van der Waals surface area (Å²) in [5, 5.41) is 8.71. The van der Waals surface area contributed by atoms with Gasteiger partial charge < -0.3 is 19.5 Å². The maximum Gasteiger partial charge on any atom is 0.306 e. The van der Waals surface area contributed by atoms with Crippen molar-refractivity contribution in [1.29, 1.82) is 0 Å². The molecule has 0 aliphatic carbocycles. The average Bonchev–Trinajstić information content (AvgIpc) is 2.28. The average molecular weight is 259 g/mol. The molecule has 0 aromatic rings. The summed E-state index contributed by atoms with van der Waals surface area (Å²) in [6.45, 7) is 4.93. The molecule has 0 aromatic heterocycles. The van der Waals surface area contributed by atoms with Gasteiger partial charge in [0.05, 0.1) is 31.2 Å². The van der Waals surface area contributed by atoms with Crippen molar-refractivity contribution in [2.24, 2.45) is 0 Å². The molecule has 0 saturated carbocycles. The second-order valence-corrected chi connectivity index (χ2v) is 5.07. The first-order valence-corrected chi connectivity index (χ1v) is 6.00. The standard InChI is InChI=1S/C12H21NO5/c1-12(2,17-3)7-10(14)13-4-5-18-9(8-13)6-11(15)16/h9H,4-8H2,1-3H3,(H,15,16). The maximum absolute atomic E-state index is 12.0. The molecule has 1 amide bonds. The Balaban J connectivity index is 2.50. The lowest BCUT2D eigenvalue weighted by Crippen LogP contribution is -2.48. The summed E-state index contributed by atoms with van der Waals surface area (Å²) in [5.41, 5.74) is -0.502. The number of rotatable bonds is 5. The van der Waals surface area contributed by atoms with E-state index in [1.807, 2.05) is 13.8 Å². The SMILES string of the molecule is COC(C)(C)CC(=O)N1CCOC(CC(=O)O)C1. The molecular weight excluding hydrogens is 238 g/mol. The van der Waals surface area contributed by atoms with Gasteiger partial charge in [-0.05, 0) is 13.8 Å². The van der Waals surface area contributed by atoms with Crippen LogP contribution in [0, 0.1) is 0 Å². The monoisotopic (exact) mass is 259 g/mol. The number of carbonyl (C=O) groups is 2. The van der Waals surface area contributed by atoms with Crippen LogP contribution in [0.5, 0.6) is 0 Å². The molecule has 1 rings (SSSR count). The highest BCUT2D eigenvalue weighted by molar-refractivity contribution is 5.77. The number of carboxylic acid groups (broad SMARTS) is 1. The minimum absolute atomic E-state index is 0.0273. The molecule has 0 aromatic carbocycles. The number of aliphatic carboxylic acids is 1. The van der Waals surface area contributed by atoms with Crippen molar-refractivity contribution < 1.29 is 24.2 Å². The van der Waals surface area contributed by atoms with Crippen LogP contribution in [-0.4, -0.2) is 60.4 Å². The molecule has 1 aliphatic heterocycles. The molecule has 1 aliphatic rings. The number of morpholine rings is 1. The summed E-state index contributed by atoms with van der Waals surface area (Å²) in [5.74, 6) is -0.938. The molecule has 0 bridgehead atoms. The van der Waals surface area contributed by atoms with Gasteiger partial charge in [0.2, 0.25) is 5.91 Å². The Morgan fingerprint density at radius 2 is 2.17 bits per heavy atom. The summed E-state index contributed by atoms with van der Waals surface area (Å²) in [6.07, 6.45) is -0.202. The van der Waals surface area contributed by atoms with Gasteiger partial charge in [-0.2, -0.15) is 0 Å². The molecule has 104 valence electrons. The van der Waals surface area contributed by atoms with Gasteiger partial charge >= 0.3 is 5.97 Å². The van der Waals surface area contributed by atoms with E-state index in [2.05, 4.69) is 0 Å². The third-order valence-corrected chi connectivity index (χ3v) is 3.02. The predicted molar refractivity (Wildman–Crippen MR) is 64.3 cm³/mol. The van der Waals surface area contributed by atoms with Crippen LogP contribution < -0.4 is 0 Å². The number of carboxylic acids is 1. The lowest BCUT2D eigenvalue weighted by Gasteiger charge is -2.34. The second kappa shape index (κ2) is 6.15. The van der Waals surface area contributed by atoms with E-state index in [0.29, 0.717) is 19.7 Å². The fourth-order valence-electron chi connectivity index (χ4n) is 1.81. The number of carbonyl (C=O) groups excluding carboxylic acids is 1. The maximum atomic E-state index is 12.0. The highest BCUT2D eigenvalue weighted by Crippen LogP contribution is 2.17. The fourth-order valence-corrected chi connectivity index (χ4v) is 1.81. The van der Waals surface area contributed by atoms with Crippen molar-refractivity contribution in [1.82, 2.24) is 4.90 Å². The van der Waals surface area contributed by atoms with Crippen LogP contribution in [0.1, 0.15) is 26.7 Å². The molecule has 18 heavy (non-hydrogen) atoms. The van der Waals surface area contributed by atoms with Crippen molar-refractivity contribution in [2.45, 2.75) is 38.4 Å². The highest BCUT2D eigenvalue weighted by Gasteiger charge is 2.29. The van der Waals surface area contributed by atoms with Gasteiger partial charge in [-0.3, -0.25) is 9.59 Å². The van der Waals surface area contributed by atoms with Crippen LogP contribution in [0.15, 0.2) is 0 Å². The van der Waals surface area contributed by atoms with Crippen molar-refractivity contribution >= 4 is 11.9 Å². The van der Waals surface area contributed by atoms with Crippen LogP contribution in [0.2, 0.25) is 0 Å². The molecule has 1 saturated heterocycles. The van der Waals surface area contributed by atoms with Crippen molar-refractivity contribution in [3.63, 3.8) is 0 Å². The predicted octanol–water partition coefficient (Wildman–Crippen LogP) is 0.504. The fraction of sp³-hybridized carbons (Fsp3) is 0.833. The van der Waals surface area contributed by atoms with Gasteiger partial charge in [-0.15, -0.1) is 0 Å². The minimum Gasteiger partial charge on any atom is -0.481 e. The van der Waals surface area contributed by atoms with Crippen LogP contribution in [0.4, 0.5) is 0 Å². The van der Waals surface area contributed by atoms with Crippen LogP contribution in [-0.2, 0) is 19.1 Å². The van der Waals surface area contributed by atoms with E-state index in [-0.39, 0.29) is 18.7 Å². The van der Waals surface area contributed by atoms with Crippen molar-refractivity contribution in [3.05, 3.63) is 0 Å². The molecule has 0 spiro atoms. The summed E-state index contributed by atoms with van der Waals surface area (Å²) in [7, 11) is 1.57. The van der Waals surface area contributed by atoms with Gasteiger partial charge in [0, 0.05) is 20.2 Å². The number of hydrogen-bond donors (Lipinski definition) is 1. The summed E-state index contributed by atoms with van der Waals surface area (Å²) in [6, 6.07) is 0. The van der Waals surface area contributed by atoms with E-state index in [9.17, 15) is 9.59 Å². The van der Waals surface area contributed by atoms with Gasteiger partial charge in [0.25, 0.3) is 0 Å². The van der Waals surface area contributed by atoms with Gasteiger partial charge in [0.15, 0.2) is 0 Å². The minimum atomic E-state index is -0.911. The molecule has 6 nitrogen and oxygen atoms in total.